The van der Waals surface area contributed by atoms with E-state index in [1.54, 1.807) is 12.1 Å². The lowest BCUT2D eigenvalue weighted by Gasteiger charge is -2.32. The first kappa shape index (κ1) is 19.9. The molecule has 1 fully saturated rings. The Morgan fingerprint density at radius 1 is 1.00 bits per heavy atom. The van der Waals surface area contributed by atoms with Crippen LogP contribution in [0.3, 0.4) is 0 Å². The first-order valence-corrected chi connectivity index (χ1v) is 9.88. The molecule has 5 nitrogen and oxygen atoms in total. The molecule has 148 valence electrons. The number of piperidine rings is 1. The Bertz CT molecular complexity index is 837. The first-order valence-electron chi connectivity index (χ1n) is 9.88. The maximum atomic E-state index is 12.7. The summed E-state index contributed by atoms with van der Waals surface area (Å²) in [6.07, 6.45) is 1.53. The standard InChI is InChI=1S/C23H28N2O3/c1-4-28-21-9-7-18(8-10-21)22(26)24-20-11-13-25(14-12-20)23(27)19-6-5-16(2)17(3)15-19/h5-10,15,20H,4,11-14H2,1-3H3,(H,24,26). The van der Waals surface area contributed by atoms with Gasteiger partial charge in [-0.25, -0.2) is 0 Å². The number of likely N-dealkylation sites (tertiary alicyclic amines) is 1. The van der Waals surface area contributed by atoms with E-state index in [1.165, 1.54) is 5.56 Å². The predicted molar refractivity (Wildman–Crippen MR) is 110 cm³/mol. The number of carbonyl (C=O) groups is 2. The summed E-state index contributed by atoms with van der Waals surface area (Å²) in [5.41, 5.74) is 3.67. The maximum Gasteiger partial charge on any atom is 0.253 e. The normalized spacial score (nSPS) is 14.6. The molecule has 0 aliphatic carbocycles. The van der Waals surface area contributed by atoms with Crippen molar-refractivity contribution in [1.29, 1.82) is 0 Å². The smallest absolute Gasteiger partial charge is 0.253 e. The minimum atomic E-state index is -0.0815. The van der Waals surface area contributed by atoms with Crippen LogP contribution in [0.25, 0.3) is 0 Å². The SMILES string of the molecule is CCOc1ccc(C(=O)NC2CCN(C(=O)c3ccc(C)c(C)c3)CC2)cc1. The number of rotatable bonds is 5. The van der Waals surface area contributed by atoms with Crippen LogP contribution in [0, 0.1) is 13.8 Å². The number of nitrogens with one attached hydrogen (secondary N) is 1. The Kier molecular flexibility index (Phi) is 6.34. The molecule has 3 rings (SSSR count). The van der Waals surface area contributed by atoms with Crippen LogP contribution in [0.1, 0.15) is 51.6 Å². The third-order valence-electron chi connectivity index (χ3n) is 5.30. The summed E-state index contributed by atoms with van der Waals surface area (Å²) in [6, 6.07) is 13.1. The fraction of sp³-hybridized carbons (Fsp3) is 0.391. The molecular formula is C23H28N2O3. The molecule has 0 radical (unpaired) electrons. The number of benzene rings is 2. The zero-order valence-electron chi connectivity index (χ0n) is 16.8. The van der Waals surface area contributed by atoms with Crippen molar-refractivity contribution in [3.05, 3.63) is 64.7 Å². The number of carbonyl (C=O) groups excluding carboxylic acids is 2. The average molecular weight is 380 g/mol. The Hall–Kier alpha value is -2.82. The minimum absolute atomic E-state index is 0.0689. The number of aryl methyl sites for hydroxylation is 2. The van der Waals surface area contributed by atoms with E-state index >= 15 is 0 Å². The highest BCUT2D eigenvalue weighted by atomic mass is 16.5. The van der Waals surface area contributed by atoms with E-state index in [1.807, 2.05) is 56.0 Å². The molecule has 28 heavy (non-hydrogen) atoms. The van der Waals surface area contributed by atoms with E-state index in [2.05, 4.69) is 5.32 Å². The van der Waals surface area contributed by atoms with Crippen molar-refractivity contribution in [3.63, 3.8) is 0 Å². The molecule has 1 N–H and O–H groups in total. The van der Waals surface area contributed by atoms with Crippen LogP contribution in [0.5, 0.6) is 5.75 Å². The lowest BCUT2D eigenvalue weighted by Crippen LogP contribution is -2.46. The second-order valence-electron chi connectivity index (χ2n) is 7.30. The molecule has 0 spiro atoms. The lowest BCUT2D eigenvalue weighted by molar-refractivity contribution is 0.0698. The minimum Gasteiger partial charge on any atom is -0.494 e. The van der Waals surface area contributed by atoms with Crippen molar-refractivity contribution in [2.24, 2.45) is 0 Å². The largest absolute Gasteiger partial charge is 0.494 e. The van der Waals surface area contributed by atoms with E-state index in [4.69, 9.17) is 4.74 Å². The molecule has 1 heterocycles. The molecule has 2 aromatic rings. The van der Waals surface area contributed by atoms with Gasteiger partial charge in [0, 0.05) is 30.3 Å². The van der Waals surface area contributed by atoms with Crippen LogP contribution in [0.4, 0.5) is 0 Å². The topological polar surface area (TPSA) is 58.6 Å². The Balaban J connectivity index is 1.52. The van der Waals surface area contributed by atoms with E-state index in [0.29, 0.717) is 25.3 Å². The van der Waals surface area contributed by atoms with Gasteiger partial charge in [-0.05, 0) is 81.1 Å². The van der Waals surface area contributed by atoms with Crippen molar-refractivity contribution in [3.8, 4) is 5.75 Å². The van der Waals surface area contributed by atoms with Crippen LogP contribution >= 0.6 is 0 Å². The van der Waals surface area contributed by atoms with Gasteiger partial charge in [-0.3, -0.25) is 9.59 Å². The van der Waals surface area contributed by atoms with Crippen LogP contribution < -0.4 is 10.1 Å². The first-order chi connectivity index (χ1) is 13.5. The summed E-state index contributed by atoms with van der Waals surface area (Å²) in [6.45, 7) is 7.90. The zero-order valence-corrected chi connectivity index (χ0v) is 16.8. The highest BCUT2D eigenvalue weighted by Gasteiger charge is 2.25. The summed E-state index contributed by atoms with van der Waals surface area (Å²) < 4.78 is 5.41. The summed E-state index contributed by atoms with van der Waals surface area (Å²) in [5.74, 6) is 0.749. The fourth-order valence-electron chi connectivity index (χ4n) is 3.42. The highest BCUT2D eigenvalue weighted by Crippen LogP contribution is 2.17. The van der Waals surface area contributed by atoms with Gasteiger partial charge >= 0.3 is 0 Å². The van der Waals surface area contributed by atoms with Crippen molar-refractivity contribution >= 4 is 11.8 Å². The van der Waals surface area contributed by atoms with Gasteiger partial charge in [0.15, 0.2) is 0 Å². The van der Waals surface area contributed by atoms with Crippen molar-refractivity contribution < 1.29 is 14.3 Å². The molecule has 5 heteroatoms. The number of ether oxygens (including phenoxy) is 1. The van der Waals surface area contributed by atoms with Gasteiger partial charge in [-0.2, -0.15) is 0 Å². The van der Waals surface area contributed by atoms with E-state index in [9.17, 15) is 9.59 Å². The molecule has 0 unspecified atom stereocenters. The average Bonchev–Trinajstić information content (AvgIpc) is 2.71. The predicted octanol–water partition coefficient (Wildman–Crippen LogP) is 3.74. The molecule has 1 saturated heterocycles. The van der Waals surface area contributed by atoms with Gasteiger partial charge in [0.25, 0.3) is 11.8 Å². The summed E-state index contributed by atoms with van der Waals surface area (Å²) in [5, 5.41) is 3.08. The highest BCUT2D eigenvalue weighted by molar-refractivity contribution is 5.95. The zero-order chi connectivity index (χ0) is 20.1. The molecular weight excluding hydrogens is 352 g/mol. The van der Waals surface area contributed by atoms with Crippen molar-refractivity contribution in [1.82, 2.24) is 10.2 Å². The molecule has 0 atom stereocenters. The molecule has 1 aliphatic rings. The van der Waals surface area contributed by atoms with Crippen molar-refractivity contribution in [2.45, 2.75) is 39.7 Å². The lowest BCUT2D eigenvalue weighted by atomic mass is 10.0. The van der Waals surface area contributed by atoms with Crippen LogP contribution in [0.2, 0.25) is 0 Å². The van der Waals surface area contributed by atoms with Gasteiger partial charge in [-0.1, -0.05) is 6.07 Å². The van der Waals surface area contributed by atoms with Crippen LogP contribution in [-0.4, -0.2) is 42.5 Å². The van der Waals surface area contributed by atoms with E-state index in [-0.39, 0.29) is 17.9 Å². The molecule has 2 aromatic carbocycles. The molecule has 0 saturated carbocycles. The van der Waals surface area contributed by atoms with Gasteiger partial charge in [0.1, 0.15) is 5.75 Å². The summed E-state index contributed by atoms with van der Waals surface area (Å²) >= 11 is 0. The summed E-state index contributed by atoms with van der Waals surface area (Å²) in [4.78, 5) is 27.1. The van der Waals surface area contributed by atoms with E-state index < -0.39 is 0 Å². The quantitative estimate of drug-likeness (QED) is 0.860. The second kappa shape index (κ2) is 8.91. The third-order valence-corrected chi connectivity index (χ3v) is 5.30. The van der Waals surface area contributed by atoms with Gasteiger partial charge in [-0.15, -0.1) is 0 Å². The number of amides is 2. The molecule has 1 aliphatic heterocycles. The van der Waals surface area contributed by atoms with Gasteiger partial charge in [0.05, 0.1) is 6.61 Å². The molecule has 0 bridgehead atoms. The number of nitrogens with zero attached hydrogens (tertiary/aromatic N) is 1. The van der Waals surface area contributed by atoms with Crippen LogP contribution in [-0.2, 0) is 0 Å². The Labute approximate surface area is 166 Å². The van der Waals surface area contributed by atoms with Gasteiger partial charge in [0.2, 0.25) is 0 Å². The Morgan fingerprint density at radius 2 is 1.64 bits per heavy atom. The van der Waals surface area contributed by atoms with Crippen molar-refractivity contribution in [2.75, 3.05) is 19.7 Å². The number of hydrogen-bond donors (Lipinski definition) is 1. The Morgan fingerprint density at radius 3 is 2.25 bits per heavy atom. The maximum absolute atomic E-state index is 12.7. The second-order valence-corrected chi connectivity index (χ2v) is 7.30. The van der Waals surface area contributed by atoms with E-state index in [0.717, 1.165) is 29.7 Å². The third kappa shape index (κ3) is 4.71. The fourth-order valence-corrected chi connectivity index (χ4v) is 3.42. The monoisotopic (exact) mass is 380 g/mol. The molecule has 0 aromatic heterocycles. The van der Waals surface area contributed by atoms with Crippen LogP contribution in [0.15, 0.2) is 42.5 Å². The number of hydrogen-bond acceptors (Lipinski definition) is 3. The molecule has 2 amide bonds. The van der Waals surface area contributed by atoms with Gasteiger partial charge < -0.3 is 15.0 Å². The summed E-state index contributed by atoms with van der Waals surface area (Å²) in [7, 11) is 0.